The van der Waals surface area contributed by atoms with Crippen LogP contribution in [0.5, 0.6) is 5.75 Å². The maximum atomic E-state index is 9.18. The standard InChI is InChI=1S/C17H21NO2/c1-13(19)10-11-20-17-8-6-16(7-9-17)15-4-2-14(12-18)3-5-15/h2-9,13,19H,10-12,18H2,1H3. The third-order valence-electron chi connectivity index (χ3n) is 3.18. The first-order valence-corrected chi connectivity index (χ1v) is 6.89. The molecule has 20 heavy (non-hydrogen) atoms. The van der Waals surface area contributed by atoms with E-state index in [2.05, 4.69) is 12.1 Å². The van der Waals surface area contributed by atoms with E-state index in [0.717, 1.165) is 22.4 Å². The van der Waals surface area contributed by atoms with E-state index in [0.29, 0.717) is 19.6 Å². The zero-order valence-electron chi connectivity index (χ0n) is 11.8. The Labute approximate surface area is 120 Å². The summed E-state index contributed by atoms with van der Waals surface area (Å²) >= 11 is 0. The van der Waals surface area contributed by atoms with Crippen molar-refractivity contribution in [3.63, 3.8) is 0 Å². The second-order valence-electron chi connectivity index (χ2n) is 4.91. The van der Waals surface area contributed by atoms with Crippen molar-refractivity contribution in [3.8, 4) is 16.9 Å². The normalized spacial score (nSPS) is 12.2. The van der Waals surface area contributed by atoms with Crippen LogP contribution in [0.2, 0.25) is 0 Å². The van der Waals surface area contributed by atoms with E-state index in [4.69, 9.17) is 10.5 Å². The van der Waals surface area contributed by atoms with Crippen LogP contribution in [0.15, 0.2) is 48.5 Å². The fourth-order valence-electron chi connectivity index (χ4n) is 1.92. The first kappa shape index (κ1) is 14.6. The highest BCUT2D eigenvalue weighted by Gasteiger charge is 2.00. The molecule has 0 aliphatic heterocycles. The summed E-state index contributed by atoms with van der Waals surface area (Å²) < 4.78 is 5.57. The van der Waals surface area contributed by atoms with Crippen molar-refractivity contribution < 1.29 is 9.84 Å². The van der Waals surface area contributed by atoms with Crippen LogP contribution in [0, 0.1) is 0 Å². The number of aliphatic hydroxyl groups is 1. The number of benzene rings is 2. The van der Waals surface area contributed by atoms with Crippen LogP contribution in [-0.4, -0.2) is 17.8 Å². The predicted molar refractivity (Wildman–Crippen MR) is 81.6 cm³/mol. The molecule has 0 aromatic heterocycles. The monoisotopic (exact) mass is 271 g/mol. The van der Waals surface area contributed by atoms with Gasteiger partial charge in [0.05, 0.1) is 12.7 Å². The summed E-state index contributed by atoms with van der Waals surface area (Å²) in [6.07, 6.45) is 0.317. The predicted octanol–water partition coefficient (Wildman–Crippen LogP) is 2.96. The summed E-state index contributed by atoms with van der Waals surface area (Å²) in [6.45, 7) is 2.86. The van der Waals surface area contributed by atoms with E-state index in [1.54, 1.807) is 6.92 Å². The summed E-state index contributed by atoms with van der Waals surface area (Å²) in [5.41, 5.74) is 9.04. The van der Waals surface area contributed by atoms with Gasteiger partial charge in [0.2, 0.25) is 0 Å². The van der Waals surface area contributed by atoms with E-state index < -0.39 is 0 Å². The number of rotatable bonds is 6. The number of hydrogen-bond acceptors (Lipinski definition) is 3. The second-order valence-corrected chi connectivity index (χ2v) is 4.91. The highest BCUT2D eigenvalue weighted by Crippen LogP contribution is 2.22. The molecule has 0 spiro atoms. The Morgan fingerprint density at radius 3 is 2.05 bits per heavy atom. The first-order valence-electron chi connectivity index (χ1n) is 6.89. The number of nitrogens with two attached hydrogens (primary N) is 1. The van der Waals surface area contributed by atoms with Gasteiger partial charge in [-0.05, 0) is 35.7 Å². The van der Waals surface area contributed by atoms with E-state index >= 15 is 0 Å². The van der Waals surface area contributed by atoms with Gasteiger partial charge in [-0.3, -0.25) is 0 Å². The van der Waals surface area contributed by atoms with Crippen LogP contribution in [0.3, 0.4) is 0 Å². The van der Waals surface area contributed by atoms with Crippen molar-refractivity contribution in [2.45, 2.75) is 26.0 Å². The van der Waals surface area contributed by atoms with Crippen molar-refractivity contribution in [2.24, 2.45) is 5.73 Å². The smallest absolute Gasteiger partial charge is 0.119 e. The van der Waals surface area contributed by atoms with Gasteiger partial charge in [-0.2, -0.15) is 0 Å². The van der Waals surface area contributed by atoms with Gasteiger partial charge in [0.1, 0.15) is 5.75 Å². The van der Waals surface area contributed by atoms with Crippen molar-refractivity contribution >= 4 is 0 Å². The third-order valence-corrected chi connectivity index (χ3v) is 3.18. The SMILES string of the molecule is CC(O)CCOc1ccc(-c2ccc(CN)cc2)cc1. The largest absolute Gasteiger partial charge is 0.493 e. The van der Waals surface area contributed by atoms with Gasteiger partial charge in [0.15, 0.2) is 0 Å². The lowest BCUT2D eigenvalue weighted by Crippen LogP contribution is -2.07. The van der Waals surface area contributed by atoms with Gasteiger partial charge in [-0.15, -0.1) is 0 Å². The molecule has 1 unspecified atom stereocenters. The molecule has 3 N–H and O–H groups in total. The zero-order valence-corrected chi connectivity index (χ0v) is 11.8. The maximum absolute atomic E-state index is 9.18. The highest BCUT2D eigenvalue weighted by molar-refractivity contribution is 5.64. The molecule has 3 heteroatoms. The van der Waals surface area contributed by atoms with Crippen molar-refractivity contribution in [2.75, 3.05) is 6.61 Å². The van der Waals surface area contributed by atoms with Crippen molar-refractivity contribution in [3.05, 3.63) is 54.1 Å². The Balaban J connectivity index is 1.99. The van der Waals surface area contributed by atoms with Crippen molar-refractivity contribution in [1.29, 1.82) is 0 Å². The highest BCUT2D eigenvalue weighted by atomic mass is 16.5. The molecule has 2 aromatic rings. The molecule has 0 heterocycles. The number of aliphatic hydroxyl groups excluding tert-OH is 1. The van der Waals surface area contributed by atoms with E-state index in [1.165, 1.54) is 0 Å². The zero-order chi connectivity index (χ0) is 14.4. The molecular formula is C17H21NO2. The minimum atomic E-state index is -0.324. The summed E-state index contributed by atoms with van der Waals surface area (Å²) in [4.78, 5) is 0. The van der Waals surface area contributed by atoms with Crippen LogP contribution in [0.25, 0.3) is 11.1 Å². The Hall–Kier alpha value is -1.84. The summed E-state index contributed by atoms with van der Waals surface area (Å²) in [6, 6.07) is 16.2. The van der Waals surface area contributed by atoms with Crippen LogP contribution < -0.4 is 10.5 Å². The van der Waals surface area contributed by atoms with Gasteiger partial charge in [-0.1, -0.05) is 36.4 Å². The minimum Gasteiger partial charge on any atom is -0.493 e. The quantitative estimate of drug-likeness (QED) is 0.849. The lowest BCUT2D eigenvalue weighted by Gasteiger charge is -2.09. The Morgan fingerprint density at radius 1 is 1.00 bits per heavy atom. The van der Waals surface area contributed by atoms with Gasteiger partial charge in [0, 0.05) is 13.0 Å². The molecule has 3 nitrogen and oxygen atoms in total. The van der Waals surface area contributed by atoms with Gasteiger partial charge in [-0.25, -0.2) is 0 Å². The van der Waals surface area contributed by atoms with Gasteiger partial charge >= 0.3 is 0 Å². The molecule has 0 aliphatic rings. The average Bonchev–Trinajstić information content (AvgIpc) is 2.48. The summed E-state index contributed by atoms with van der Waals surface area (Å²) in [7, 11) is 0. The van der Waals surface area contributed by atoms with Gasteiger partial charge < -0.3 is 15.6 Å². The van der Waals surface area contributed by atoms with Crippen LogP contribution in [0.4, 0.5) is 0 Å². The molecule has 2 rings (SSSR count). The van der Waals surface area contributed by atoms with Gasteiger partial charge in [0.25, 0.3) is 0 Å². The third kappa shape index (κ3) is 4.08. The van der Waals surface area contributed by atoms with Crippen LogP contribution in [-0.2, 0) is 6.54 Å². The van der Waals surface area contributed by atoms with E-state index in [-0.39, 0.29) is 6.10 Å². The van der Waals surface area contributed by atoms with E-state index in [9.17, 15) is 5.11 Å². The Morgan fingerprint density at radius 2 is 1.55 bits per heavy atom. The van der Waals surface area contributed by atoms with Crippen LogP contribution in [0.1, 0.15) is 18.9 Å². The maximum Gasteiger partial charge on any atom is 0.119 e. The Kier molecular flexibility index (Phi) is 5.16. The molecule has 106 valence electrons. The molecule has 0 saturated carbocycles. The number of hydrogen-bond donors (Lipinski definition) is 2. The fraction of sp³-hybridized carbons (Fsp3) is 0.294. The molecule has 0 amide bonds. The molecule has 0 radical (unpaired) electrons. The molecule has 0 fully saturated rings. The lowest BCUT2D eigenvalue weighted by molar-refractivity contribution is 0.155. The molecule has 0 bridgehead atoms. The summed E-state index contributed by atoms with van der Waals surface area (Å²) in [5.74, 6) is 0.827. The fourth-order valence-corrected chi connectivity index (χ4v) is 1.92. The molecule has 0 aliphatic carbocycles. The van der Waals surface area contributed by atoms with E-state index in [1.807, 2.05) is 36.4 Å². The summed E-state index contributed by atoms with van der Waals surface area (Å²) in [5, 5.41) is 9.18. The lowest BCUT2D eigenvalue weighted by atomic mass is 10.0. The minimum absolute atomic E-state index is 0.324. The topological polar surface area (TPSA) is 55.5 Å². The molecule has 2 aromatic carbocycles. The van der Waals surface area contributed by atoms with Crippen LogP contribution >= 0.6 is 0 Å². The first-order chi connectivity index (χ1) is 9.69. The van der Waals surface area contributed by atoms with Crippen molar-refractivity contribution in [1.82, 2.24) is 0 Å². The Bertz CT molecular complexity index is 518. The molecule has 0 saturated heterocycles. The second kappa shape index (κ2) is 7.08. The molecule has 1 atom stereocenters. The average molecular weight is 271 g/mol. The number of ether oxygens (including phenoxy) is 1. The molecular weight excluding hydrogens is 250 g/mol.